The summed E-state index contributed by atoms with van der Waals surface area (Å²) >= 11 is 6.01. The van der Waals surface area contributed by atoms with Gasteiger partial charge in [0.1, 0.15) is 0 Å². The van der Waals surface area contributed by atoms with Crippen LogP contribution in [0.2, 0.25) is 5.02 Å². The molecular weight excluding hydrogens is 306 g/mol. The van der Waals surface area contributed by atoms with Crippen LogP contribution in [-0.4, -0.2) is 17.7 Å². The molecule has 3 rings (SSSR count). The van der Waals surface area contributed by atoms with Gasteiger partial charge in [-0.3, -0.25) is 0 Å². The van der Waals surface area contributed by atoms with Gasteiger partial charge in [0.2, 0.25) is 0 Å². The number of anilines is 1. The van der Waals surface area contributed by atoms with E-state index in [2.05, 4.69) is 5.32 Å². The van der Waals surface area contributed by atoms with Crippen LogP contribution in [0, 0.1) is 0 Å². The molecule has 2 fully saturated rings. The fourth-order valence-electron chi connectivity index (χ4n) is 2.69. The Hall–Kier alpha value is -2.01. The second-order valence-corrected chi connectivity index (χ2v) is 5.84. The van der Waals surface area contributed by atoms with E-state index in [1.54, 1.807) is 24.3 Å². The molecule has 1 saturated heterocycles. The molecule has 1 aromatic rings. The van der Waals surface area contributed by atoms with E-state index in [-0.39, 0.29) is 5.57 Å². The van der Waals surface area contributed by atoms with Crippen LogP contribution < -0.4 is 5.32 Å². The Balaban J connectivity index is 1.75. The Morgan fingerprint density at radius 3 is 2.32 bits per heavy atom. The van der Waals surface area contributed by atoms with Crippen molar-refractivity contribution in [3.63, 3.8) is 0 Å². The van der Waals surface area contributed by atoms with Crippen LogP contribution in [0.25, 0.3) is 0 Å². The van der Waals surface area contributed by atoms with Crippen molar-refractivity contribution in [2.24, 2.45) is 0 Å². The topological polar surface area (TPSA) is 64.6 Å². The van der Waals surface area contributed by atoms with Gasteiger partial charge in [-0.25, -0.2) is 9.59 Å². The van der Waals surface area contributed by atoms with Gasteiger partial charge in [0.15, 0.2) is 5.57 Å². The Bertz CT molecular complexity index is 613. The first kappa shape index (κ1) is 14.9. The van der Waals surface area contributed by atoms with Crippen LogP contribution in [0.5, 0.6) is 0 Å². The highest BCUT2D eigenvalue weighted by Crippen LogP contribution is 2.37. The van der Waals surface area contributed by atoms with Crippen molar-refractivity contribution in [1.82, 2.24) is 0 Å². The molecule has 0 amide bonds. The number of nitrogens with one attached hydrogen (secondary N) is 1. The predicted octanol–water partition coefficient (Wildman–Crippen LogP) is 3.40. The number of hydrogen-bond donors (Lipinski definition) is 1. The first-order valence-corrected chi connectivity index (χ1v) is 7.65. The minimum atomic E-state index is -1.06. The molecule has 22 heavy (non-hydrogen) atoms. The van der Waals surface area contributed by atoms with E-state index >= 15 is 0 Å². The number of para-hydroxylation sites is 1. The number of ether oxygens (including phenoxy) is 2. The maximum absolute atomic E-state index is 12.1. The van der Waals surface area contributed by atoms with E-state index < -0.39 is 17.7 Å². The highest BCUT2D eigenvalue weighted by molar-refractivity contribution is 6.33. The summed E-state index contributed by atoms with van der Waals surface area (Å²) in [5, 5.41) is 3.33. The fraction of sp³-hybridized carbons (Fsp3) is 0.375. The minimum absolute atomic E-state index is 0.156. The minimum Gasteiger partial charge on any atom is -0.419 e. The third kappa shape index (κ3) is 2.95. The molecule has 1 N–H and O–H groups in total. The number of hydrogen-bond acceptors (Lipinski definition) is 5. The molecule has 0 unspecified atom stereocenters. The Morgan fingerprint density at radius 2 is 1.68 bits per heavy atom. The third-order valence-electron chi connectivity index (χ3n) is 3.86. The number of benzene rings is 1. The standard InChI is InChI=1S/C16H16ClNO4/c17-12-6-2-3-7-13(12)18-10-11-14(19)21-16(22-15(11)20)8-4-1-5-9-16/h2-3,6-7,10,18H,1,4-5,8-9H2. The molecule has 1 saturated carbocycles. The molecule has 1 aliphatic heterocycles. The Kier molecular flexibility index (Phi) is 4.07. The van der Waals surface area contributed by atoms with Gasteiger partial charge in [-0.1, -0.05) is 30.2 Å². The lowest BCUT2D eigenvalue weighted by Gasteiger charge is -2.38. The smallest absolute Gasteiger partial charge is 0.350 e. The van der Waals surface area contributed by atoms with Crippen molar-refractivity contribution >= 4 is 29.2 Å². The molecule has 0 radical (unpaired) electrons. The zero-order valence-corrected chi connectivity index (χ0v) is 12.7. The van der Waals surface area contributed by atoms with Crippen molar-refractivity contribution in [2.45, 2.75) is 37.9 Å². The van der Waals surface area contributed by atoms with Crippen LogP contribution in [0.15, 0.2) is 36.0 Å². The number of esters is 2. The number of rotatable bonds is 2. The zero-order valence-electron chi connectivity index (χ0n) is 11.9. The van der Waals surface area contributed by atoms with Crippen molar-refractivity contribution in [1.29, 1.82) is 0 Å². The molecule has 1 spiro atoms. The molecule has 1 aliphatic carbocycles. The molecule has 1 aromatic carbocycles. The largest absolute Gasteiger partial charge is 0.419 e. The molecular formula is C16H16ClNO4. The summed E-state index contributed by atoms with van der Waals surface area (Å²) in [6, 6.07) is 7.02. The fourth-order valence-corrected chi connectivity index (χ4v) is 2.88. The summed E-state index contributed by atoms with van der Waals surface area (Å²) < 4.78 is 10.8. The molecule has 6 heteroatoms. The molecule has 1 heterocycles. The van der Waals surface area contributed by atoms with Crippen molar-refractivity contribution in [3.05, 3.63) is 41.1 Å². The van der Waals surface area contributed by atoms with Crippen LogP contribution in [0.1, 0.15) is 32.1 Å². The maximum atomic E-state index is 12.1. The van der Waals surface area contributed by atoms with Crippen molar-refractivity contribution in [2.75, 3.05) is 5.32 Å². The number of carbonyl (C=O) groups excluding carboxylic acids is 2. The number of halogens is 1. The predicted molar refractivity (Wildman–Crippen MR) is 81.2 cm³/mol. The van der Waals surface area contributed by atoms with E-state index in [1.165, 1.54) is 6.20 Å². The SMILES string of the molecule is O=C1OC2(CCCCC2)OC(=O)C1=CNc1ccccc1Cl. The number of carbonyl (C=O) groups is 2. The van der Waals surface area contributed by atoms with E-state index in [9.17, 15) is 9.59 Å². The molecule has 0 bridgehead atoms. The summed E-state index contributed by atoms with van der Waals surface area (Å²) in [7, 11) is 0. The van der Waals surface area contributed by atoms with Gasteiger partial charge >= 0.3 is 11.9 Å². The lowest BCUT2D eigenvalue weighted by atomic mass is 9.93. The van der Waals surface area contributed by atoms with E-state index in [4.69, 9.17) is 21.1 Å². The molecule has 0 atom stereocenters. The van der Waals surface area contributed by atoms with E-state index in [0.717, 1.165) is 19.3 Å². The van der Waals surface area contributed by atoms with Gasteiger partial charge in [0.25, 0.3) is 5.79 Å². The van der Waals surface area contributed by atoms with Crippen molar-refractivity contribution in [3.8, 4) is 0 Å². The first-order chi connectivity index (χ1) is 10.6. The maximum Gasteiger partial charge on any atom is 0.350 e. The van der Waals surface area contributed by atoms with Gasteiger partial charge in [-0.2, -0.15) is 0 Å². The van der Waals surface area contributed by atoms with Gasteiger partial charge in [-0.15, -0.1) is 0 Å². The summed E-state index contributed by atoms with van der Waals surface area (Å²) in [5.41, 5.74) is 0.436. The summed E-state index contributed by atoms with van der Waals surface area (Å²) in [5.74, 6) is -2.37. The first-order valence-electron chi connectivity index (χ1n) is 7.28. The molecule has 116 valence electrons. The quantitative estimate of drug-likeness (QED) is 0.514. The normalized spacial score (nSPS) is 20.3. The van der Waals surface area contributed by atoms with Crippen LogP contribution >= 0.6 is 11.6 Å². The molecule has 2 aliphatic rings. The van der Waals surface area contributed by atoms with Gasteiger partial charge in [0.05, 0.1) is 10.7 Å². The highest BCUT2D eigenvalue weighted by atomic mass is 35.5. The Morgan fingerprint density at radius 1 is 1.05 bits per heavy atom. The van der Waals surface area contributed by atoms with Crippen LogP contribution in [0.4, 0.5) is 5.69 Å². The summed E-state index contributed by atoms with van der Waals surface area (Å²) in [4.78, 5) is 24.2. The molecule has 0 aromatic heterocycles. The average Bonchev–Trinajstić information content (AvgIpc) is 2.49. The zero-order chi connectivity index (χ0) is 15.6. The van der Waals surface area contributed by atoms with Crippen LogP contribution in [-0.2, 0) is 19.1 Å². The second kappa shape index (κ2) is 6.01. The summed E-state index contributed by atoms with van der Waals surface area (Å²) in [6.45, 7) is 0. The third-order valence-corrected chi connectivity index (χ3v) is 4.19. The monoisotopic (exact) mass is 321 g/mol. The lowest BCUT2D eigenvalue weighted by molar-refractivity contribution is -0.244. The average molecular weight is 322 g/mol. The lowest BCUT2D eigenvalue weighted by Crippen LogP contribution is -2.47. The van der Waals surface area contributed by atoms with Gasteiger partial charge in [-0.05, 0) is 25.0 Å². The summed E-state index contributed by atoms with van der Waals surface area (Å²) in [6.07, 6.45) is 5.25. The van der Waals surface area contributed by atoms with Crippen LogP contribution in [0.3, 0.4) is 0 Å². The Labute approximate surface area is 133 Å². The van der Waals surface area contributed by atoms with E-state index in [0.29, 0.717) is 23.6 Å². The van der Waals surface area contributed by atoms with Gasteiger partial charge < -0.3 is 14.8 Å². The van der Waals surface area contributed by atoms with Crippen molar-refractivity contribution < 1.29 is 19.1 Å². The second-order valence-electron chi connectivity index (χ2n) is 5.43. The van der Waals surface area contributed by atoms with Gasteiger partial charge in [0, 0.05) is 19.0 Å². The highest BCUT2D eigenvalue weighted by Gasteiger charge is 2.46. The molecule has 5 nitrogen and oxygen atoms in total. The van der Waals surface area contributed by atoms with E-state index in [1.807, 2.05) is 0 Å².